The first-order chi connectivity index (χ1) is 7.11. The lowest BCUT2D eigenvalue weighted by Gasteiger charge is -2.07. The van der Waals surface area contributed by atoms with Crippen molar-refractivity contribution in [2.24, 2.45) is 5.92 Å². The molecule has 0 aliphatic rings. The Morgan fingerprint density at radius 3 is 2.87 bits per heavy atom. The molecule has 0 aromatic carbocycles. The first kappa shape index (κ1) is 11.8. The van der Waals surface area contributed by atoms with E-state index in [1.54, 1.807) is 6.07 Å². The Kier molecular flexibility index (Phi) is 4.38. The largest absolute Gasteiger partial charge is 0.478 e. The monoisotopic (exact) mass is 224 g/mol. The number of hydrogen-bond acceptors (Lipinski definition) is 3. The van der Waals surface area contributed by atoms with Crippen molar-refractivity contribution in [3.05, 3.63) is 22.8 Å². The minimum absolute atomic E-state index is 0.286. The minimum Gasteiger partial charge on any atom is -0.478 e. The number of rotatable bonds is 4. The standard InChI is InChI=1S/C11H13ClN2O/c1-8(2)3-4-15-11-6-9(7-13)5-10(12)14-11/h5-6,8H,3-4H2,1-2H3. The molecule has 15 heavy (non-hydrogen) atoms. The molecule has 0 saturated heterocycles. The van der Waals surface area contributed by atoms with Crippen molar-refractivity contribution >= 4 is 11.6 Å². The van der Waals surface area contributed by atoms with E-state index in [0.29, 0.717) is 24.0 Å². The van der Waals surface area contributed by atoms with Crippen LogP contribution in [0.25, 0.3) is 0 Å². The normalized spacial score (nSPS) is 10.1. The molecule has 1 aromatic heterocycles. The van der Waals surface area contributed by atoms with Gasteiger partial charge in [0.25, 0.3) is 0 Å². The fourth-order valence-corrected chi connectivity index (χ4v) is 1.21. The summed E-state index contributed by atoms with van der Waals surface area (Å²) in [5.74, 6) is 0.999. The van der Waals surface area contributed by atoms with Gasteiger partial charge in [-0.3, -0.25) is 0 Å². The third-order valence-electron chi connectivity index (χ3n) is 1.84. The van der Waals surface area contributed by atoms with Crippen molar-refractivity contribution in [2.45, 2.75) is 20.3 Å². The highest BCUT2D eigenvalue weighted by atomic mass is 35.5. The highest BCUT2D eigenvalue weighted by Gasteiger charge is 2.02. The smallest absolute Gasteiger partial charge is 0.215 e. The molecule has 80 valence electrons. The van der Waals surface area contributed by atoms with Gasteiger partial charge in [-0.05, 0) is 18.4 Å². The van der Waals surface area contributed by atoms with Crippen molar-refractivity contribution in [2.75, 3.05) is 6.61 Å². The molecular formula is C11H13ClN2O. The number of aromatic nitrogens is 1. The van der Waals surface area contributed by atoms with E-state index in [0.717, 1.165) is 6.42 Å². The maximum atomic E-state index is 8.71. The van der Waals surface area contributed by atoms with Crippen LogP contribution in [0, 0.1) is 17.2 Å². The summed E-state index contributed by atoms with van der Waals surface area (Å²) >= 11 is 5.73. The lowest BCUT2D eigenvalue weighted by molar-refractivity contribution is 0.279. The van der Waals surface area contributed by atoms with E-state index in [-0.39, 0.29) is 5.15 Å². The lowest BCUT2D eigenvalue weighted by Crippen LogP contribution is -2.02. The van der Waals surface area contributed by atoms with Gasteiger partial charge in [0.1, 0.15) is 5.15 Å². The summed E-state index contributed by atoms with van der Waals surface area (Å²) in [6.45, 7) is 4.83. The van der Waals surface area contributed by atoms with E-state index in [1.165, 1.54) is 6.07 Å². The van der Waals surface area contributed by atoms with Crippen LogP contribution in [-0.2, 0) is 0 Å². The van der Waals surface area contributed by atoms with Gasteiger partial charge >= 0.3 is 0 Å². The SMILES string of the molecule is CC(C)CCOc1cc(C#N)cc(Cl)n1. The molecular weight excluding hydrogens is 212 g/mol. The fraction of sp³-hybridized carbons (Fsp3) is 0.455. The molecule has 0 radical (unpaired) electrons. The predicted octanol–water partition coefficient (Wildman–Crippen LogP) is 3.03. The molecule has 1 heterocycles. The number of ether oxygens (including phenoxy) is 1. The average Bonchev–Trinajstić information content (AvgIpc) is 2.16. The van der Waals surface area contributed by atoms with E-state index >= 15 is 0 Å². The molecule has 3 nitrogen and oxygen atoms in total. The van der Waals surface area contributed by atoms with Crippen molar-refractivity contribution in [3.63, 3.8) is 0 Å². The highest BCUT2D eigenvalue weighted by molar-refractivity contribution is 6.29. The second-order valence-electron chi connectivity index (χ2n) is 3.66. The molecule has 0 spiro atoms. The summed E-state index contributed by atoms with van der Waals surface area (Å²) in [5.41, 5.74) is 0.467. The Morgan fingerprint density at radius 1 is 1.53 bits per heavy atom. The molecule has 0 aliphatic carbocycles. The van der Waals surface area contributed by atoms with Crippen molar-refractivity contribution in [1.82, 2.24) is 4.98 Å². The summed E-state index contributed by atoms with van der Waals surface area (Å²) in [4.78, 5) is 3.97. The topological polar surface area (TPSA) is 45.9 Å². The fourth-order valence-electron chi connectivity index (χ4n) is 1.01. The molecule has 0 aliphatic heterocycles. The Hall–Kier alpha value is -1.27. The Labute approximate surface area is 94.7 Å². The molecule has 0 unspecified atom stereocenters. The second-order valence-corrected chi connectivity index (χ2v) is 4.05. The number of pyridine rings is 1. The summed E-state index contributed by atoms with van der Waals surface area (Å²) in [6, 6.07) is 5.10. The van der Waals surface area contributed by atoms with Crippen molar-refractivity contribution in [3.8, 4) is 11.9 Å². The van der Waals surface area contributed by atoms with Crippen LogP contribution < -0.4 is 4.74 Å². The van der Waals surface area contributed by atoms with Crippen LogP contribution in [0.4, 0.5) is 0 Å². The van der Waals surface area contributed by atoms with Gasteiger partial charge in [-0.15, -0.1) is 0 Å². The molecule has 1 rings (SSSR count). The summed E-state index contributed by atoms with van der Waals surface area (Å²) in [7, 11) is 0. The first-order valence-corrected chi connectivity index (χ1v) is 5.20. The summed E-state index contributed by atoms with van der Waals surface area (Å²) in [5, 5.41) is 8.99. The Balaban J connectivity index is 2.61. The Bertz CT molecular complexity index is 371. The average molecular weight is 225 g/mol. The van der Waals surface area contributed by atoms with Crippen LogP contribution in [0.3, 0.4) is 0 Å². The van der Waals surface area contributed by atoms with Gasteiger partial charge in [0.05, 0.1) is 18.2 Å². The highest BCUT2D eigenvalue weighted by Crippen LogP contribution is 2.16. The molecule has 0 atom stereocenters. The van der Waals surface area contributed by atoms with Crippen LogP contribution in [0.15, 0.2) is 12.1 Å². The molecule has 1 aromatic rings. The van der Waals surface area contributed by atoms with Crippen LogP contribution >= 0.6 is 11.6 Å². The first-order valence-electron chi connectivity index (χ1n) is 4.82. The number of hydrogen-bond donors (Lipinski definition) is 0. The van der Waals surface area contributed by atoms with Crippen molar-refractivity contribution in [1.29, 1.82) is 5.26 Å². The van der Waals surface area contributed by atoms with Gasteiger partial charge in [0, 0.05) is 6.07 Å². The number of halogens is 1. The van der Waals surface area contributed by atoms with Gasteiger partial charge in [0.2, 0.25) is 5.88 Å². The zero-order chi connectivity index (χ0) is 11.3. The molecule has 0 bridgehead atoms. The lowest BCUT2D eigenvalue weighted by atomic mass is 10.1. The Morgan fingerprint density at radius 2 is 2.27 bits per heavy atom. The van der Waals surface area contributed by atoms with Gasteiger partial charge < -0.3 is 4.74 Å². The van der Waals surface area contributed by atoms with E-state index < -0.39 is 0 Å². The van der Waals surface area contributed by atoms with E-state index in [4.69, 9.17) is 21.6 Å². The van der Waals surface area contributed by atoms with E-state index in [9.17, 15) is 0 Å². The predicted molar refractivity (Wildman–Crippen MR) is 58.9 cm³/mol. The molecule has 0 fully saturated rings. The molecule has 0 saturated carbocycles. The van der Waals surface area contributed by atoms with E-state index in [2.05, 4.69) is 18.8 Å². The molecule has 4 heteroatoms. The van der Waals surface area contributed by atoms with Crippen LogP contribution in [0.5, 0.6) is 5.88 Å². The van der Waals surface area contributed by atoms with Crippen LogP contribution in [-0.4, -0.2) is 11.6 Å². The summed E-state index contributed by atoms with van der Waals surface area (Å²) in [6.07, 6.45) is 0.954. The maximum absolute atomic E-state index is 8.71. The second kappa shape index (κ2) is 5.57. The van der Waals surface area contributed by atoms with Gasteiger partial charge in [-0.25, -0.2) is 4.98 Å². The molecule has 0 N–H and O–H groups in total. The summed E-state index contributed by atoms with van der Waals surface area (Å²) < 4.78 is 5.39. The third-order valence-corrected chi connectivity index (χ3v) is 2.04. The van der Waals surface area contributed by atoms with E-state index in [1.807, 2.05) is 6.07 Å². The quantitative estimate of drug-likeness (QED) is 0.739. The van der Waals surface area contributed by atoms with Crippen LogP contribution in [0.2, 0.25) is 5.15 Å². The van der Waals surface area contributed by atoms with Gasteiger partial charge in [-0.1, -0.05) is 25.4 Å². The zero-order valence-electron chi connectivity index (χ0n) is 8.83. The van der Waals surface area contributed by atoms with Crippen molar-refractivity contribution < 1.29 is 4.74 Å². The van der Waals surface area contributed by atoms with Gasteiger partial charge in [0.15, 0.2) is 0 Å². The minimum atomic E-state index is 0.286. The zero-order valence-corrected chi connectivity index (χ0v) is 9.58. The van der Waals surface area contributed by atoms with Gasteiger partial charge in [-0.2, -0.15) is 5.26 Å². The maximum Gasteiger partial charge on any atom is 0.215 e. The van der Waals surface area contributed by atoms with Crippen LogP contribution in [0.1, 0.15) is 25.8 Å². The third kappa shape index (κ3) is 4.18. The molecule has 0 amide bonds. The number of nitriles is 1. The number of nitrogens with zero attached hydrogens (tertiary/aromatic N) is 2.